The van der Waals surface area contributed by atoms with Crippen molar-refractivity contribution in [3.63, 3.8) is 0 Å². The van der Waals surface area contributed by atoms with Gasteiger partial charge in [-0.1, -0.05) is 6.07 Å². The smallest absolute Gasteiger partial charge is 0.132 e. The molecule has 0 spiro atoms. The van der Waals surface area contributed by atoms with E-state index in [9.17, 15) is 0 Å². The summed E-state index contributed by atoms with van der Waals surface area (Å²) in [5.41, 5.74) is 7.11. The molecule has 2 aromatic rings. The summed E-state index contributed by atoms with van der Waals surface area (Å²) in [4.78, 5) is 4.63. The second-order valence-electron chi connectivity index (χ2n) is 4.48. The summed E-state index contributed by atoms with van der Waals surface area (Å²) < 4.78 is 2.94. The molecule has 4 nitrogen and oxygen atoms in total. The Balaban J connectivity index is 2.15. The first kappa shape index (κ1) is 11.0. The van der Waals surface area contributed by atoms with Crippen LogP contribution in [0, 0.1) is 0 Å². The summed E-state index contributed by atoms with van der Waals surface area (Å²) in [6.45, 7) is 2.09. The molecular weight excluding hydrogens is 280 g/mol. The van der Waals surface area contributed by atoms with E-state index in [2.05, 4.69) is 30.6 Å². The maximum Gasteiger partial charge on any atom is 0.132 e. The van der Waals surface area contributed by atoms with Crippen molar-refractivity contribution in [3.8, 4) is 0 Å². The van der Waals surface area contributed by atoms with Crippen molar-refractivity contribution in [2.45, 2.75) is 18.8 Å². The Morgan fingerprint density at radius 1 is 1.47 bits per heavy atom. The van der Waals surface area contributed by atoms with Gasteiger partial charge in [0.1, 0.15) is 16.2 Å². The second kappa shape index (κ2) is 4.31. The lowest BCUT2D eigenvalue weighted by molar-refractivity contribution is 0.446. The van der Waals surface area contributed by atoms with Crippen molar-refractivity contribution in [3.05, 3.63) is 28.6 Å². The highest BCUT2D eigenvalue weighted by Crippen LogP contribution is 2.29. The summed E-state index contributed by atoms with van der Waals surface area (Å²) in [7, 11) is 0. The van der Waals surface area contributed by atoms with E-state index in [0.29, 0.717) is 5.92 Å². The largest absolute Gasteiger partial charge is 0.385 e. The molecule has 1 atom stereocenters. The van der Waals surface area contributed by atoms with Gasteiger partial charge < -0.3 is 11.1 Å². The van der Waals surface area contributed by atoms with E-state index in [1.54, 1.807) is 0 Å². The van der Waals surface area contributed by atoms with E-state index < -0.39 is 0 Å². The van der Waals surface area contributed by atoms with Crippen LogP contribution >= 0.6 is 15.9 Å². The number of pyridine rings is 1. The van der Waals surface area contributed by atoms with Gasteiger partial charge in [0.25, 0.3) is 0 Å². The number of nitrogens with zero attached hydrogens (tertiary/aromatic N) is 2. The fourth-order valence-electron chi connectivity index (χ4n) is 2.50. The zero-order chi connectivity index (χ0) is 11.8. The minimum absolute atomic E-state index is 0.451. The van der Waals surface area contributed by atoms with Crippen LogP contribution in [0.2, 0.25) is 0 Å². The van der Waals surface area contributed by atoms with Crippen LogP contribution in [0.5, 0.6) is 0 Å². The molecule has 0 saturated carbocycles. The lowest BCUT2D eigenvalue weighted by Gasteiger charge is -2.22. The summed E-state index contributed by atoms with van der Waals surface area (Å²) in [6, 6.07) is 5.91. The first-order chi connectivity index (χ1) is 8.27. The average Bonchev–Trinajstić information content (AvgIpc) is 2.70. The van der Waals surface area contributed by atoms with Gasteiger partial charge in [-0.15, -0.1) is 0 Å². The molecule has 1 unspecified atom stereocenters. The van der Waals surface area contributed by atoms with Crippen LogP contribution in [0.25, 0.3) is 5.52 Å². The highest BCUT2D eigenvalue weighted by Gasteiger charge is 2.22. The summed E-state index contributed by atoms with van der Waals surface area (Å²) in [6.07, 6.45) is 2.37. The van der Waals surface area contributed by atoms with Gasteiger partial charge in [0.15, 0.2) is 0 Å². The van der Waals surface area contributed by atoms with Crippen molar-refractivity contribution < 1.29 is 0 Å². The van der Waals surface area contributed by atoms with Crippen LogP contribution in [-0.4, -0.2) is 22.5 Å². The van der Waals surface area contributed by atoms with Crippen LogP contribution in [0.3, 0.4) is 0 Å². The fourth-order valence-corrected chi connectivity index (χ4v) is 2.99. The molecule has 2 aromatic heterocycles. The number of aromatic nitrogens is 2. The van der Waals surface area contributed by atoms with Gasteiger partial charge in [-0.3, -0.25) is 4.40 Å². The number of nitrogen functional groups attached to an aromatic ring is 1. The molecule has 17 heavy (non-hydrogen) atoms. The Hall–Kier alpha value is -1.07. The van der Waals surface area contributed by atoms with Gasteiger partial charge >= 0.3 is 0 Å². The third-order valence-corrected chi connectivity index (χ3v) is 3.92. The van der Waals surface area contributed by atoms with Gasteiger partial charge in [-0.2, -0.15) is 0 Å². The molecular formula is C12H15BrN4. The van der Waals surface area contributed by atoms with Crippen LogP contribution in [0.1, 0.15) is 24.6 Å². The summed E-state index contributed by atoms with van der Waals surface area (Å²) in [5, 5.41) is 3.42. The fraction of sp³-hybridized carbons (Fsp3) is 0.417. The molecule has 0 aromatic carbocycles. The number of fused-ring (bicyclic) bond motifs is 1. The maximum absolute atomic E-state index is 6.06. The molecule has 5 heteroatoms. The van der Waals surface area contributed by atoms with Crippen LogP contribution < -0.4 is 11.1 Å². The number of anilines is 1. The van der Waals surface area contributed by atoms with Crippen molar-refractivity contribution >= 4 is 27.3 Å². The van der Waals surface area contributed by atoms with E-state index in [4.69, 9.17) is 5.73 Å². The van der Waals surface area contributed by atoms with Crippen LogP contribution in [-0.2, 0) is 0 Å². The Labute approximate surface area is 108 Å². The first-order valence-corrected chi connectivity index (χ1v) is 6.69. The molecule has 3 N–H and O–H groups in total. The van der Waals surface area contributed by atoms with E-state index in [1.807, 2.05) is 18.2 Å². The van der Waals surface area contributed by atoms with Crippen molar-refractivity contribution in [2.75, 3.05) is 18.8 Å². The van der Waals surface area contributed by atoms with Crippen molar-refractivity contribution in [1.29, 1.82) is 0 Å². The number of rotatable bonds is 1. The molecule has 0 aliphatic carbocycles. The maximum atomic E-state index is 6.06. The van der Waals surface area contributed by atoms with Gasteiger partial charge in [0, 0.05) is 12.5 Å². The Morgan fingerprint density at radius 2 is 2.35 bits per heavy atom. The van der Waals surface area contributed by atoms with Crippen LogP contribution in [0.15, 0.2) is 22.8 Å². The highest BCUT2D eigenvalue weighted by atomic mass is 79.9. The van der Waals surface area contributed by atoms with E-state index in [-0.39, 0.29) is 0 Å². The summed E-state index contributed by atoms with van der Waals surface area (Å²) >= 11 is 3.51. The predicted octanol–water partition coefficient (Wildman–Crippen LogP) is 2.15. The quantitative estimate of drug-likeness (QED) is 0.847. The topological polar surface area (TPSA) is 55.3 Å². The zero-order valence-corrected chi connectivity index (χ0v) is 11.1. The zero-order valence-electron chi connectivity index (χ0n) is 9.49. The number of hydrogen-bond acceptors (Lipinski definition) is 3. The number of halogens is 1. The molecule has 0 bridgehead atoms. The number of hydrogen-bond donors (Lipinski definition) is 2. The van der Waals surface area contributed by atoms with Crippen LogP contribution in [0.4, 0.5) is 5.82 Å². The standard InChI is InChI=1S/C12H15BrN4/c13-11-9-4-1-5-10(14)17(9)12(16-11)8-3-2-6-15-7-8/h1,4-5,8,15H,2-3,6-7,14H2. The summed E-state index contributed by atoms with van der Waals surface area (Å²) in [5.74, 6) is 2.27. The minimum Gasteiger partial charge on any atom is -0.385 e. The number of nitrogens with one attached hydrogen (secondary N) is 1. The number of imidazole rings is 1. The van der Waals surface area contributed by atoms with Crippen molar-refractivity contribution in [1.82, 2.24) is 14.7 Å². The molecule has 1 aliphatic heterocycles. The van der Waals surface area contributed by atoms with E-state index >= 15 is 0 Å². The molecule has 3 rings (SSSR count). The third kappa shape index (κ3) is 1.83. The lowest BCUT2D eigenvalue weighted by Crippen LogP contribution is -2.29. The minimum atomic E-state index is 0.451. The van der Waals surface area contributed by atoms with E-state index in [1.165, 1.54) is 12.8 Å². The highest BCUT2D eigenvalue weighted by molar-refractivity contribution is 9.10. The first-order valence-electron chi connectivity index (χ1n) is 5.90. The normalized spacial score (nSPS) is 20.9. The lowest BCUT2D eigenvalue weighted by atomic mass is 9.99. The molecule has 1 aliphatic rings. The van der Waals surface area contributed by atoms with E-state index in [0.717, 1.165) is 34.9 Å². The molecule has 1 fully saturated rings. The predicted molar refractivity (Wildman–Crippen MR) is 72.1 cm³/mol. The Kier molecular flexibility index (Phi) is 2.80. The third-order valence-electron chi connectivity index (χ3n) is 3.34. The molecule has 90 valence electrons. The monoisotopic (exact) mass is 294 g/mol. The number of piperidine rings is 1. The van der Waals surface area contributed by atoms with Gasteiger partial charge in [0.05, 0.1) is 5.52 Å². The molecule has 3 heterocycles. The Morgan fingerprint density at radius 3 is 3.12 bits per heavy atom. The van der Waals surface area contributed by atoms with Gasteiger partial charge in [0.2, 0.25) is 0 Å². The van der Waals surface area contributed by atoms with Gasteiger partial charge in [-0.25, -0.2) is 4.98 Å². The Bertz CT molecular complexity index is 543. The second-order valence-corrected chi connectivity index (χ2v) is 5.23. The number of nitrogens with two attached hydrogens (primary N) is 1. The molecule has 1 saturated heterocycles. The molecule has 0 amide bonds. The average molecular weight is 295 g/mol. The SMILES string of the molecule is Nc1cccc2c(Br)nc(C3CCCNC3)n12. The van der Waals surface area contributed by atoms with Gasteiger partial charge in [-0.05, 0) is 47.4 Å². The molecule has 0 radical (unpaired) electrons. The van der Waals surface area contributed by atoms with Crippen molar-refractivity contribution in [2.24, 2.45) is 0 Å².